The number of aromatic nitrogens is 1. The molecule has 21 heavy (non-hydrogen) atoms. The normalized spacial score (nSPS) is 14.5. The van der Waals surface area contributed by atoms with Gasteiger partial charge in [0.15, 0.2) is 5.58 Å². The van der Waals surface area contributed by atoms with Gasteiger partial charge in [0.05, 0.1) is 12.2 Å². The molecule has 1 saturated carbocycles. The molecule has 1 aliphatic rings. The number of anilines is 1. The molecule has 0 aliphatic heterocycles. The van der Waals surface area contributed by atoms with Crippen LogP contribution in [0.1, 0.15) is 23.2 Å². The first-order valence-electron chi connectivity index (χ1n) is 7.06. The van der Waals surface area contributed by atoms with Crippen molar-refractivity contribution in [3.05, 3.63) is 23.8 Å². The molecule has 0 radical (unpaired) electrons. The average molecular weight is 290 g/mol. The van der Waals surface area contributed by atoms with E-state index in [0.29, 0.717) is 30.3 Å². The minimum atomic E-state index is -0.975. The van der Waals surface area contributed by atoms with E-state index in [1.807, 2.05) is 11.9 Å². The molecule has 0 spiro atoms. The van der Waals surface area contributed by atoms with Gasteiger partial charge >= 0.3 is 5.97 Å². The van der Waals surface area contributed by atoms with Crippen LogP contribution in [0.25, 0.3) is 11.1 Å². The van der Waals surface area contributed by atoms with Gasteiger partial charge in [0.25, 0.3) is 6.01 Å². The molecule has 112 valence electrons. The summed E-state index contributed by atoms with van der Waals surface area (Å²) in [5, 5.41) is 8.96. The second kappa shape index (κ2) is 5.73. The van der Waals surface area contributed by atoms with Crippen LogP contribution in [0, 0.1) is 5.92 Å². The van der Waals surface area contributed by atoms with Crippen LogP contribution in [0.5, 0.6) is 0 Å². The van der Waals surface area contributed by atoms with Gasteiger partial charge in [-0.3, -0.25) is 0 Å². The summed E-state index contributed by atoms with van der Waals surface area (Å²) in [6.45, 7) is 2.15. The number of benzene rings is 1. The zero-order valence-corrected chi connectivity index (χ0v) is 11.9. The van der Waals surface area contributed by atoms with E-state index >= 15 is 0 Å². The molecule has 0 amide bonds. The molecule has 6 nitrogen and oxygen atoms in total. The summed E-state index contributed by atoms with van der Waals surface area (Å²) in [5.41, 5.74) is 1.33. The van der Waals surface area contributed by atoms with Crippen molar-refractivity contribution in [2.75, 3.05) is 31.7 Å². The highest BCUT2D eigenvalue weighted by molar-refractivity contribution is 5.92. The van der Waals surface area contributed by atoms with Crippen LogP contribution in [0.4, 0.5) is 6.01 Å². The van der Waals surface area contributed by atoms with Gasteiger partial charge < -0.3 is 19.2 Å². The van der Waals surface area contributed by atoms with Gasteiger partial charge in [-0.1, -0.05) is 0 Å². The number of oxazole rings is 1. The van der Waals surface area contributed by atoms with Crippen LogP contribution in [0.3, 0.4) is 0 Å². The van der Waals surface area contributed by atoms with Gasteiger partial charge in [-0.05, 0) is 37.0 Å². The lowest BCUT2D eigenvalue weighted by molar-refractivity contribution is 0.0697. The largest absolute Gasteiger partial charge is 0.478 e. The Labute approximate surface area is 122 Å². The van der Waals surface area contributed by atoms with Gasteiger partial charge in [0.1, 0.15) is 5.52 Å². The quantitative estimate of drug-likeness (QED) is 0.789. The number of hydrogen-bond donors (Lipinski definition) is 1. The summed E-state index contributed by atoms with van der Waals surface area (Å²) in [5.74, 6) is -0.217. The molecule has 0 atom stereocenters. The second-order valence-corrected chi connectivity index (χ2v) is 5.42. The van der Waals surface area contributed by atoms with Crippen molar-refractivity contribution < 1.29 is 19.1 Å². The fourth-order valence-corrected chi connectivity index (χ4v) is 2.04. The average Bonchev–Trinajstić information content (AvgIpc) is 3.19. The van der Waals surface area contributed by atoms with Crippen molar-refractivity contribution in [2.45, 2.75) is 12.8 Å². The summed E-state index contributed by atoms with van der Waals surface area (Å²) >= 11 is 0. The Kier molecular flexibility index (Phi) is 3.79. The highest BCUT2D eigenvalue weighted by Crippen LogP contribution is 2.28. The van der Waals surface area contributed by atoms with Gasteiger partial charge in [-0.15, -0.1) is 0 Å². The topological polar surface area (TPSA) is 75.8 Å². The minimum Gasteiger partial charge on any atom is -0.478 e. The first kappa shape index (κ1) is 13.9. The second-order valence-electron chi connectivity index (χ2n) is 5.42. The summed E-state index contributed by atoms with van der Waals surface area (Å²) in [7, 11) is 1.88. The highest BCUT2D eigenvalue weighted by Gasteiger charge is 2.21. The van der Waals surface area contributed by atoms with E-state index in [-0.39, 0.29) is 5.56 Å². The van der Waals surface area contributed by atoms with Gasteiger partial charge in [0.2, 0.25) is 0 Å². The zero-order valence-electron chi connectivity index (χ0n) is 11.9. The summed E-state index contributed by atoms with van der Waals surface area (Å²) in [6, 6.07) is 5.15. The van der Waals surface area contributed by atoms with Crippen molar-refractivity contribution in [1.82, 2.24) is 4.98 Å². The third kappa shape index (κ3) is 3.33. The Morgan fingerprint density at radius 3 is 3.05 bits per heavy atom. The summed E-state index contributed by atoms with van der Waals surface area (Å²) < 4.78 is 11.2. The number of ether oxygens (including phenoxy) is 1. The van der Waals surface area contributed by atoms with E-state index in [1.165, 1.54) is 25.0 Å². The monoisotopic (exact) mass is 290 g/mol. The first-order chi connectivity index (χ1) is 10.1. The molecule has 1 aromatic heterocycles. The predicted octanol–water partition coefficient (Wildman–Crippen LogP) is 2.39. The molecule has 1 heterocycles. The lowest BCUT2D eigenvalue weighted by Gasteiger charge is -2.13. The Hall–Kier alpha value is -2.08. The van der Waals surface area contributed by atoms with E-state index in [4.69, 9.17) is 14.3 Å². The molecule has 2 aromatic rings. The van der Waals surface area contributed by atoms with Crippen LogP contribution in [-0.4, -0.2) is 42.9 Å². The zero-order chi connectivity index (χ0) is 14.8. The summed E-state index contributed by atoms with van der Waals surface area (Å²) in [6.07, 6.45) is 2.57. The SMILES string of the molecule is CN(CCOCC1CC1)c1nc2ccc(C(=O)O)cc2o1. The lowest BCUT2D eigenvalue weighted by Crippen LogP contribution is -2.23. The molecule has 0 bridgehead atoms. The fraction of sp³-hybridized carbons (Fsp3) is 0.467. The molecule has 1 aliphatic carbocycles. The van der Waals surface area contributed by atoms with E-state index < -0.39 is 5.97 Å². The maximum absolute atomic E-state index is 10.9. The van der Waals surface area contributed by atoms with Crippen molar-refractivity contribution >= 4 is 23.1 Å². The van der Waals surface area contributed by atoms with Gasteiger partial charge in [0, 0.05) is 20.2 Å². The maximum Gasteiger partial charge on any atom is 0.335 e. The van der Waals surface area contributed by atoms with Gasteiger partial charge in [-0.25, -0.2) is 4.79 Å². The number of rotatable bonds is 7. The number of nitrogens with zero attached hydrogens (tertiary/aromatic N) is 2. The Bertz CT molecular complexity index is 648. The lowest BCUT2D eigenvalue weighted by atomic mass is 10.2. The molecular weight excluding hydrogens is 272 g/mol. The number of carbonyl (C=O) groups is 1. The van der Waals surface area contributed by atoms with Crippen molar-refractivity contribution in [3.8, 4) is 0 Å². The van der Waals surface area contributed by atoms with E-state index in [2.05, 4.69) is 4.98 Å². The highest BCUT2D eigenvalue weighted by atomic mass is 16.5. The smallest absolute Gasteiger partial charge is 0.335 e. The predicted molar refractivity (Wildman–Crippen MR) is 77.8 cm³/mol. The molecule has 6 heteroatoms. The molecule has 0 saturated heterocycles. The van der Waals surface area contributed by atoms with Crippen LogP contribution in [0.2, 0.25) is 0 Å². The minimum absolute atomic E-state index is 0.195. The van der Waals surface area contributed by atoms with Crippen LogP contribution < -0.4 is 4.90 Å². The number of carboxylic acid groups (broad SMARTS) is 1. The number of carboxylic acids is 1. The van der Waals surface area contributed by atoms with E-state index in [9.17, 15) is 4.79 Å². The van der Waals surface area contributed by atoms with Crippen LogP contribution >= 0.6 is 0 Å². The Balaban J connectivity index is 1.63. The third-order valence-electron chi connectivity index (χ3n) is 3.57. The van der Waals surface area contributed by atoms with Crippen LogP contribution in [-0.2, 0) is 4.74 Å². The number of fused-ring (bicyclic) bond motifs is 1. The molecule has 3 rings (SSSR count). The van der Waals surface area contributed by atoms with Crippen molar-refractivity contribution in [1.29, 1.82) is 0 Å². The van der Waals surface area contributed by atoms with Crippen molar-refractivity contribution in [2.24, 2.45) is 5.92 Å². The maximum atomic E-state index is 10.9. The molecular formula is C15H18N2O4. The van der Waals surface area contributed by atoms with E-state index in [1.54, 1.807) is 6.07 Å². The van der Waals surface area contributed by atoms with E-state index in [0.717, 1.165) is 12.5 Å². The molecule has 1 fully saturated rings. The Morgan fingerprint density at radius 2 is 2.33 bits per heavy atom. The number of aromatic carboxylic acids is 1. The molecule has 0 unspecified atom stereocenters. The fourth-order valence-electron chi connectivity index (χ4n) is 2.04. The van der Waals surface area contributed by atoms with Crippen molar-refractivity contribution in [3.63, 3.8) is 0 Å². The Morgan fingerprint density at radius 1 is 1.52 bits per heavy atom. The van der Waals surface area contributed by atoms with Gasteiger partial charge in [-0.2, -0.15) is 4.98 Å². The molecule has 1 N–H and O–H groups in total. The standard InChI is InChI=1S/C15H18N2O4/c1-17(6-7-20-9-10-2-3-10)15-16-12-5-4-11(14(18)19)8-13(12)21-15/h4-5,8,10H,2-3,6-7,9H2,1H3,(H,18,19). The number of likely N-dealkylation sites (N-methyl/N-ethyl adjacent to an activating group) is 1. The van der Waals surface area contributed by atoms with Crippen LogP contribution in [0.15, 0.2) is 22.6 Å². The first-order valence-corrected chi connectivity index (χ1v) is 7.06. The molecule has 1 aromatic carbocycles. The number of hydrogen-bond acceptors (Lipinski definition) is 5. The third-order valence-corrected chi connectivity index (χ3v) is 3.57. The summed E-state index contributed by atoms with van der Waals surface area (Å²) in [4.78, 5) is 17.1.